The van der Waals surface area contributed by atoms with Crippen LogP contribution in [0.25, 0.3) is 0 Å². The molecule has 1 aliphatic rings. The van der Waals surface area contributed by atoms with Gasteiger partial charge in [-0.2, -0.15) is 28.5 Å². The van der Waals surface area contributed by atoms with Crippen molar-refractivity contribution in [2.24, 2.45) is 0 Å². The molecule has 1 saturated heterocycles. The second-order valence-corrected chi connectivity index (χ2v) is 6.91. The molecule has 4 nitrogen and oxygen atoms in total. The number of aromatic nitrogens is 2. The summed E-state index contributed by atoms with van der Waals surface area (Å²) in [4.78, 5) is 8.47. The topological polar surface area (TPSA) is 47.0 Å². The van der Waals surface area contributed by atoms with Gasteiger partial charge in [-0.15, -0.1) is 0 Å². The zero-order chi connectivity index (χ0) is 12.1. The minimum Gasteiger partial charge on any atom is -0.480 e. The number of thioether (sulfide) groups is 2. The zero-order valence-electron chi connectivity index (χ0n) is 9.48. The third-order valence-electron chi connectivity index (χ3n) is 2.28. The number of hydrogen-bond donors (Lipinski definition) is 1. The molecule has 7 heteroatoms. The maximum Gasteiger partial charge on any atom is 0.232 e. The molecule has 0 amide bonds. The van der Waals surface area contributed by atoms with Gasteiger partial charge in [0.2, 0.25) is 11.8 Å². The van der Waals surface area contributed by atoms with E-state index in [9.17, 15) is 0 Å². The summed E-state index contributed by atoms with van der Waals surface area (Å²) < 4.78 is 5.90. The van der Waals surface area contributed by atoms with Gasteiger partial charge in [0.25, 0.3) is 0 Å². The maximum absolute atomic E-state index is 5.13. The number of methoxy groups -OCH3 is 1. The van der Waals surface area contributed by atoms with Crippen molar-refractivity contribution in [2.75, 3.05) is 36.2 Å². The van der Waals surface area contributed by atoms with Gasteiger partial charge in [0.05, 0.1) is 17.8 Å². The van der Waals surface area contributed by atoms with E-state index in [0.29, 0.717) is 17.1 Å². The van der Waals surface area contributed by atoms with Crippen LogP contribution < -0.4 is 10.1 Å². The van der Waals surface area contributed by atoms with Crippen LogP contribution in [0.3, 0.4) is 0 Å². The monoisotopic (exact) mass is 335 g/mol. The van der Waals surface area contributed by atoms with Crippen LogP contribution in [0.1, 0.15) is 0 Å². The molecule has 0 radical (unpaired) electrons. The molecule has 2 heterocycles. The Hall–Kier alpha value is -0.140. The quantitative estimate of drug-likeness (QED) is 0.912. The van der Waals surface area contributed by atoms with Gasteiger partial charge in [0.1, 0.15) is 0 Å². The lowest BCUT2D eigenvalue weighted by atomic mass is 10.4. The summed E-state index contributed by atoms with van der Waals surface area (Å²) in [5, 5.41) is 3.90. The molecule has 2 rings (SSSR count). The highest BCUT2D eigenvalue weighted by atomic mass is 79.9. The first kappa shape index (κ1) is 13.3. The first-order chi connectivity index (χ1) is 8.29. The Bertz CT molecular complexity index is 375. The highest BCUT2D eigenvalue weighted by molar-refractivity contribution is 9.10. The van der Waals surface area contributed by atoms with Crippen molar-refractivity contribution in [3.8, 4) is 5.88 Å². The Morgan fingerprint density at radius 3 is 3.18 bits per heavy atom. The van der Waals surface area contributed by atoms with Gasteiger partial charge in [0.15, 0.2) is 0 Å². The SMILES string of the molecule is COc1nc(NCC2CSCCS2)ncc1Br. The Balaban J connectivity index is 1.89. The fraction of sp³-hybridized carbons (Fsp3) is 0.600. The van der Waals surface area contributed by atoms with Crippen LogP contribution in [0.15, 0.2) is 10.7 Å². The Labute approximate surface area is 118 Å². The van der Waals surface area contributed by atoms with Gasteiger partial charge in [-0.3, -0.25) is 0 Å². The van der Waals surface area contributed by atoms with E-state index in [1.54, 1.807) is 13.3 Å². The molecule has 0 aliphatic carbocycles. The molecule has 0 saturated carbocycles. The van der Waals surface area contributed by atoms with Crippen molar-refractivity contribution < 1.29 is 4.74 Å². The number of anilines is 1. The van der Waals surface area contributed by atoms with Crippen LogP contribution in [0.4, 0.5) is 5.95 Å². The van der Waals surface area contributed by atoms with Gasteiger partial charge in [-0.25, -0.2) is 4.98 Å². The van der Waals surface area contributed by atoms with Gasteiger partial charge < -0.3 is 10.1 Å². The van der Waals surface area contributed by atoms with Gasteiger partial charge in [-0.1, -0.05) is 0 Å². The molecule has 1 aliphatic heterocycles. The van der Waals surface area contributed by atoms with E-state index in [1.165, 1.54) is 17.3 Å². The van der Waals surface area contributed by atoms with Crippen LogP contribution in [-0.4, -0.2) is 46.1 Å². The molecular weight excluding hydrogens is 322 g/mol. The second kappa shape index (κ2) is 6.70. The number of nitrogens with one attached hydrogen (secondary N) is 1. The number of hydrogen-bond acceptors (Lipinski definition) is 6. The summed E-state index contributed by atoms with van der Waals surface area (Å²) in [5.41, 5.74) is 0. The molecule has 17 heavy (non-hydrogen) atoms. The van der Waals surface area contributed by atoms with Crippen molar-refractivity contribution in [1.82, 2.24) is 9.97 Å². The number of rotatable bonds is 4. The summed E-state index contributed by atoms with van der Waals surface area (Å²) in [6.45, 7) is 0.905. The van der Waals surface area contributed by atoms with Crippen molar-refractivity contribution >= 4 is 45.4 Å². The van der Waals surface area contributed by atoms with Crippen LogP contribution in [0, 0.1) is 0 Å². The number of ether oxygens (including phenoxy) is 1. The molecular formula is C10H14BrN3OS2. The summed E-state index contributed by atoms with van der Waals surface area (Å²) in [5.74, 6) is 4.89. The molecule has 94 valence electrons. The Kier molecular flexibility index (Phi) is 5.24. The van der Waals surface area contributed by atoms with Crippen LogP contribution in [0.5, 0.6) is 5.88 Å². The molecule has 0 spiro atoms. The van der Waals surface area contributed by atoms with Crippen molar-refractivity contribution in [3.05, 3.63) is 10.7 Å². The maximum atomic E-state index is 5.13. The third kappa shape index (κ3) is 3.93. The minimum atomic E-state index is 0.563. The fourth-order valence-corrected chi connectivity index (χ4v) is 4.40. The van der Waals surface area contributed by atoms with E-state index in [2.05, 4.69) is 31.2 Å². The zero-order valence-corrected chi connectivity index (χ0v) is 12.7. The largest absolute Gasteiger partial charge is 0.480 e. The second-order valence-electron chi connectivity index (χ2n) is 3.50. The molecule has 1 aromatic rings. The summed E-state index contributed by atoms with van der Waals surface area (Å²) >= 11 is 7.36. The predicted octanol–water partition coefficient (Wildman–Crippen LogP) is 2.51. The molecule has 1 unspecified atom stereocenters. The fourth-order valence-electron chi connectivity index (χ4n) is 1.44. The van der Waals surface area contributed by atoms with E-state index in [1.807, 2.05) is 23.5 Å². The molecule has 1 aromatic heterocycles. The van der Waals surface area contributed by atoms with E-state index >= 15 is 0 Å². The average molecular weight is 336 g/mol. The van der Waals surface area contributed by atoms with Crippen LogP contribution >= 0.6 is 39.5 Å². The standard InChI is InChI=1S/C10H14BrN3OS2/c1-15-9-8(11)5-13-10(14-9)12-4-7-6-16-2-3-17-7/h5,7H,2-4,6H2,1H3,(H,12,13,14). The third-order valence-corrected chi connectivity index (χ3v) is 5.67. The predicted molar refractivity (Wildman–Crippen MR) is 78.3 cm³/mol. The molecule has 1 fully saturated rings. The Morgan fingerprint density at radius 2 is 2.47 bits per heavy atom. The average Bonchev–Trinajstić information content (AvgIpc) is 2.39. The van der Waals surface area contributed by atoms with Crippen molar-refractivity contribution in [3.63, 3.8) is 0 Å². The van der Waals surface area contributed by atoms with Gasteiger partial charge in [-0.05, 0) is 15.9 Å². The molecule has 0 aromatic carbocycles. The number of nitrogens with zero attached hydrogens (tertiary/aromatic N) is 2. The lowest BCUT2D eigenvalue weighted by molar-refractivity contribution is 0.394. The van der Waals surface area contributed by atoms with Gasteiger partial charge in [0, 0.05) is 29.1 Å². The first-order valence-electron chi connectivity index (χ1n) is 5.29. The lowest BCUT2D eigenvalue weighted by Crippen LogP contribution is -2.23. The number of halogens is 1. The molecule has 0 bridgehead atoms. The first-order valence-corrected chi connectivity index (χ1v) is 8.29. The van der Waals surface area contributed by atoms with E-state index in [0.717, 1.165) is 11.0 Å². The molecule has 1 N–H and O–H groups in total. The summed E-state index contributed by atoms with van der Waals surface area (Å²) in [7, 11) is 1.60. The van der Waals surface area contributed by atoms with E-state index < -0.39 is 0 Å². The van der Waals surface area contributed by atoms with Gasteiger partial charge >= 0.3 is 0 Å². The van der Waals surface area contributed by atoms with Crippen molar-refractivity contribution in [2.45, 2.75) is 5.25 Å². The molecule has 1 atom stereocenters. The normalized spacial score (nSPS) is 20.0. The highest BCUT2D eigenvalue weighted by Gasteiger charge is 2.14. The minimum absolute atomic E-state index is 0.563. The lowest BCUT2D eigenvalue weighted by Gasteiger charge is -2.21. The highest BCUT2D eigenvalue weighted by Crippen LogP contribution is 2.25. The smallest absolute Gasteiger partial charge is 0.232 e. The van der Waals surface area contributed by atoms with E-state index in [-0.39, 0.29) is 0 Å². The van der Waals surface area contributed by atoms with Crippen molar-refractivity contribution in [1.29, 1.82) is 0 Å². The summed E-state index contributed by atoms with van der Waals surface area (Å²) in [6, 6.07) is 0. The van der Waals surface area contributed by atoms with Crippen LogP contribution in [-0.2, 0) is 0 Å². The summed E-state index contributed by atoms with van der Waals surface area (Å²) in [6.07, 6.45) is 1.71. The van der Waals surface area contributed by atoms with Crippen LogP contribution in [0.2, 0.25) is 0 Å². The Morgan fingerprint density at radius 1 is 1.59 bits per heavy atom. The van der Waals surface area contributed by atoms with E-state index in [4.69, 9.17) is 4.74 Å².